The summed E-state index contributed by atoms with van der Waals surface area (Å²) in [4.78, 5) is 10.1. The molecule has 0 spiro atoms. The van der Waals surface area contributed by atoms with Gasteiger partial charge in [0.05, 0.1) is 24.1 Å². The molecule has 2 aromatic rings. The van der Waals surface area contributed by atoms with Crippen molar-refractivity contribution in [3.05, 3.63) is 29.5 Å². The molecule has 27 heavy (non-hydrogen) atoms. The van der Waals surface area contributed by atoms with E-state index in [1.54, 1.807) is 17.6 Å². The number of guanidine groups is 1. The Morgan fingerprint density at radius 3 is 3.11 bits per heavy atom. The van der Waals surface area contributed by atoms with Crippen LogP contribution in [0.25, 0.3) is 10.8 Å². The predicted molar refractivity (Wildman–Crippen MR) is 118 cm³/mol. The van der Waals surface area contributed by atoms with Crippen molar-refractivity contribution in [2.24, 2.45) is 4.99 Å². The third-order valence-electron chi connectivity index (χ3n) is 3.88. The summed E-state index contributed by atoms with van der Waals surface area (Å²) in [6.07, 6.45) is 3.86. The number of halogens is 1. The maximum absolute atomic E-state index is 5.77. The molecule has 3 heterocycles. The highest BCUT2D eigenvalue weighted by atomic mass is 127. The highest BCUT2D eigenvalue weighted by Gasteiger charge is 2.15. The van der Waals surface area contributed by atoms with Gasteiger partial charge in [-0.05, 0) is 31.2 Å². The van der Waals surface area contributed by atoms with Gasteiger partial charge in [-0.1, -0.05) is 6.07 Å². The molecule has 2 N–H and O–H groups in total. The van der Waals surface area contributed by atoms with Crippen LogP contribution in [0.15, 0.2) is 33.2 Å². The highest BCUT2D eigenvalue weighted by Crippen LogP contribution is 2.23. The van der Waals surface area contributed by atoms with Crippen LogP contribution in [0.5, 0.6) is 0 Å². The van der Waals surface area contributed by atoms with Gasteiger partial charge in [0.1, 0.15) is 12.0 Å². The molecule has 1 unspecified atom stereocenters. The first-order valence-corrected chi connectivity index (χ1v) is 9.93. The first-order valence-electron chi connectivity index (χ1n) is 9.05. The quantitative estimate of drug-likeness (QED) is 0.235. The van der Waals surface area contributed by atoms with Crippen LogP contribution in [0, 0.1) is 0 Å². The molecule has 0 aliphatic carbocycles. The lowest BCUT2D eigenvalue weighted by Crippen LogP contribution is -2.38. The summed E-state index contributed by atoms with van der Waals surface area (Å²) >= 11 is 1.61. The van der Waals surface area contributed by atoms with Gasteiger partial charge in [0.25, 0.3) is 0 Å². The van der Waals surface area contributed by atoms with E-state index in [1.165, 1.54) is 0 Å². The summed E-state index contributed by atoms with van der Waals surface area (Å²) in [5.74, 6) is 1.42. The normalized spacial score (nSPS) is 16.9. The Morgan fingerprint density at radius 2 is 2.37 bits per heavy atom. The summed E-state index contributed by atoms with van der Waals surface area (Å²) in [7, 11) is 0. The Labute approximate surface area is 181 Å². The molecule has 0 bridgehead atoms. The molecule has 1 atom stereocenters. The van der Waals surface area contributed by atoms with Crippen LogP contribution < -0.4 is 10.6 Å². The standard InChI is InChI=1S/C18H26N4O3S.HI/c1-2-19-18(20-7-4-8-24-15-6-9-23-13-15)21-11-14-12-25-17(22-14)16-5-3-10-26-16;/h3,5,10,12,15H,2,4,6-9,11,13H2,1H3,(H2,19,20,21);1H. The Morgan fingerprint density at radius 1 is 1.44 bits per heavy atom. The van der Waals surface area contributed by atoms with Crippen LogP contribution in [0.1, 0.15) is 25.5 Å². The van der Waals surface area contributed by atoms with E-state index >= 15 is 0 Å². The van der Waals surface area contributed by atoms with Gasteiger partial charge in [-0.3, -0.25) is 0 Å². The third kappa shape index (κ3) is 7.40. The number of aromatic nitrogens is 1. The van der Waals surface area contributed by atoms with Gasteiger partial charge in [0, 0.05) is 26.3 Å². The largest absolute Gasteiger partial charge is 0.443 e. The second-order valence-corrected chi connectivity index (χ2v) is 6.90. The summed E-state index contributed by atoms with van der Waals surface area (Å²) in [5, 5.41) is 8.57. The molecule has 3 rings (SSSR count). The van der Waals surface area contributed by atoms with Crippen molar-refractivity contribution in [3.63, 3.8) is 0 Å². The Bertz CT molecular complexity index is 672. The first kappa shape index (κ1) is 22.1. The lowest BCUT2D eigenvalue weighted by Gasteiger charge is -2.12. The number of nitrogens with one attached hydrogen (secondary N) is 2. The number of ether oxygens (including phenoxy) is 2. The van der Waals surface area contributed by atoms with Crippen molar-refractivity contribution in [1.82, 2.24) is 15.6 Å². The van der Waals surface area contributed by atoms with E-state index in [-0.39, 0.29) is 30.1 Å². The molecule has 1 aliphatic heterocycles. The maximum atomic E-state index is 5.77. The number of aliphatic imine (C=N–C) groups is 1. The van der Waals surface area contributed by atoms with Crippen molar-refractivity contribution >= 4 is 41.3 Å². The second kappa shape index (κ2) is 12.3. The van der Waals surface area contributed by atoms with Crippen LogP contribution >= 0.6 is 35.3 Å². The van der Waals surface area contributed by atoms with E-state index in [4.69, 9.17) is 13.9 Å². The summed E-state index contributed by atoms with van der Waals surface area (Å²) in [6.45, 7) is 6.40. The molecule has 0 radical (unpaired) electrons. The van der Waals surface area contributed by atoms with E-state index in [2.05, 4.69) is 20.6 Å². The number of hydrogen-bond acceptors (Lipinski definition) is 6. The van der Waals surface area contributed by atoms with E-state index in [1.807, 2.05) is 24.4 Å². The summed E-state index contributed by atoms with van der Waals surface area (Å²) in [6, 6.07) is 3.98. The van der Waals surface area contributed by atoms with Crippen molar-refractivity contribution in [1.29, 1.82) is 0 Å². The lowest BCUT2D eigenvalue weighted by atomic mass is 10.3. The Balaban J connectivity index is 0.00000261. The molecule has 0 amide bonds. The molecule has 1 aliphatic rings. The van der Waals surface area contributed by atoms with Gasteiger partial charge < -0.3 is 24.5 Å². The average molecular weight is 506 g/mol. The summed E-state index contributed by atoms with van der Waals surface area (Å²) in [5.41, 5.74) is 0.815. The fraction of sp³-hybridized carbons (Fsp3) is 0.556. The minimum Gasteiger partial charge on any atom is -0.443 e. The van der Waals surface area contributed by atoms with Crippen LogP contribution in [0.3, 0.4) is 0 Å². The molecule has 1 saturated heterocycles. The van der Waals surface area contributed by atoms with Crippen molar-refractivity contribution in [2.45, 2.75) is 32.4 Å². The number of thiophene rings is 1. The molecule has 9 heteroatoms. The van der Waals surface area contributed by atoms with E-state index in [0.29, 0.717) is 12.4 Å². The number of hydrogen-bond donors (Lipinski definition) is 2. The SMILES string of the molecule is CCNC(=NCc1coc(-c2cccs2)n1)NCCCOC1CCOC1.I. The average Bonchev–Trinajstić information content (AvgIpc) is 3.41. The molecule has 7 nitrogen and oxygen atoms in total. The van der Waals surface area contributed by atoms with Gasteiger partial charge in [0.2, 0.25) is 5.89 Å². The van der Waals surface area contributed by atoms with E-state index in [0.717, 1.165) is 62.3 Å². The van der Waals surface area contributed by atoms with E-state index < -0.39 is 0 Å². The molecular formula is C18H27IN4O3S. The second-order valence-electron chi connectivity index (χ2n) is 5.95. The first-order chi connectivity index (χ1) is 12.8. The third-order valence-corrected chi connectivity index (χ3v) is 4.74. The minimum absolute atomic E-state index is 0. The van der Waals surface area contributed by atoms with Gasteiger partial charge in [-0.15, -0.1) is 35.3 Å². The van der Waals surface area contributed by atoms with Gasteiger partial charge in [-0.25, -0.2) is 9.98 Å². The van der Waals surface area contributed by atoms with Crippen molar-refractivity contribution < 1.29 is 13.9 Å². The van der Waals surface area contributed by atoms with Crippen LogP contribution in [0.2, 0.25) is 0 Å². The zero-order valence-corrected chi connectivity index (χ0v) is 18.6. The Hall–Kier alpha value is -1.17. The van der Waals surface area contributed by atoms with Crippen LogP contribution in [-0.2, 0) is 16.0 Å². The van der Waals surface area contributed by atoms with Gasteiger partial charge in [0.15, 0.2) is 5.96 Å². The monoisotopic (exact) mass is 506 g/mol. The molecule has 1 fully saturated rings. The highest BCUT2D eigenvalue weighted by molar-refractivity contribution is 14.0. The molecule has 150 valence electrons. The van der Waals surface area contributed by atoms with Crippen LogP contribution in [0.4, 0.5) is 0 Å². The minimum atomic E-state index is 0. The van der Waals surface area contributed by atoms with E-state index in [9.17, 15) is 0 Å². The molecule has 2 aromatic heterocycles. The van der Waals surface area contributed by atoms with Crippen LogP contribution in [-0.4, -0.2) is 50.0 Å². The lowest BCUT2D eigenvalue weighted by molar-refractivity contribution is 0.0420. The number of oxazole rings is 1. The van der Waals surface area contributed by atoms with Gasteiger partial charge >= 0.3 is 0 Å². The van der Waals surface area contributed by atoms with Crippen molar-refractivity contribution in [2.75, 3.05) is 32.9 Å². The molecular weight excluding hydrogens is 479 g/mol. The molecule has 0 saturated carbocycles. The fourth-order valence-corrected chi connectivity index (χ4v) is 3.22. The fourth-order valence-electron chi connectivity index (χ4n) is 2.57. The zero-order chi connectivity index (χ0) is 18.0. The summed E-state index contributed by atoms with van der Waals surface area (Å²) < 4.78 is 16.6. The maximum Gasteiger partial charge on any atom is 0.236 e. The van der Waals surface area contributed by atoms with Crippen molar-refractivity contribution in [3.8, 4) is 10.8 Å². The number of rotatable bonds is 9. The topological polar surface area (TPSA) is 80.9 Å². The van der Waals surface area contributed by atoms with Gasteiger partial charge in [-0.2, -0.15) is 0 Å². The smallest absolute Gasteiger partial charge is 0.236 e. The Kier molecular flexibility index (Phi) is 10.1. The zero-order valence-electron chi connectivity index (χ0n) is 15.5. The molecule has 0 aromatic carbocycles. The number of nitrogens with zero attached hydrogens (tertiary/aromatic N) is 2. The predicted octanol–water partition coefficient (Wildman–Crippen LogP) is 3.27.